The van der Waals surface area contributed by atoms with E-state index in [0.717, 1.165) is 23.6 Å². The Labute approximate surface area is 114 Å². The van der Waals surface area contributed by atoms with Gasteiger partial charge in [0.15, 0.2) is 0 Å². The first kappa shape index (κ1) is 13.6. The molecule has 0 unspecified atom stereocenters. The lowest BCUT2D eigenvalue weighted by atomic mass is 10.1. The van der Waals surface area contributed by atoms with Crippen LogP contribution in [0.5, 0.6) is 5.75 Å². The third-order valence-corrected chi connectivity index (χ3v) is 2.59. The monoisotopic (exact) mass is 259 g/mol. The van der Waals surface area contributed by atoms with Crippen LogP contribution in [0.15, 0.2) is 36.8 Å². The summed E-state index contributed by atoms with van der Waals surface area (Å²) in [5, 5.41) is 0. The smallest absolute Gasteiger partial charge is 0.120 e. The lowest BCUT2D eigenvalue weighted by Gasteiger charge is -2.21. The number of hydrogen-bond acceptors (Lipinski definition) is 3. The fourth-order valence-electron chi connectivity index (χ4n) is 1.83. The van der Waals surface area contributed by atoms with Gasteiger partial charge in [-0.15, -0.1) is 0 Å². The van der Waals surface area contributed by atoms with Crippen molar-refractivity contribution in [2.45, 2.75) is 32.9 Å². The first-order valence-corrected chi connectivity index (χ1v) is 6.49. The zero-order chi connectivity index (χ0) is 13.9. The minimum Gasteiger partial charge on any atom is -0.488 e. The number of aromatic nitrogens is 2. The van der Waals surface area contributed by atoms with Crippen LogP contribution in [0.2, 0.25) is 0 Å². The van der Waals surface area contributed by atoms with Gasteiger partial charge in [0.05, 0.1) is 12.0 Å². The summed E-state index contributed by atoms with van der Waals surface area (Å²) >= 11 is 0. The van der Waals surface area contributed by atoms with Gasteiger partial charge in [-0.25, -0.2) is 4.98 Å². The van der Waals surface area contributed by atoms with Crippen LogP contribution in [0.3, 0.4) is 0 Å². The van der Waals surface area contributed by atoms with Gasteiger partial charge in [-0.1, -0.05) is 0 Å². The van der Waals surface area contributed by atoms with Crippen LogP contribution in [0.25, 0.3) is 11.3 Å². The van der Waals surface area contributed by atoms with Crippen LogP contribution in [-0.4, -0.2) is 21.7 Å². The van der Waals surface area contributed by atoms with Gasteiger partial charge in [0.1, 0.15) is 11.4 Å². The SMILES string of the molecule is CC(C)(C)Oc1ccc(-c2cn(CCN)cn2)cc1. The average molecular weight is 259 g/mol. The summed E-state index contributed by atoms with van der Waals surface area (Å²) in [5.41, 5.74) is 7.38. The molecule has 0 atom stereocenters. The molecule has 0 aliphatic heterocycles. The van der Waals surface area contributed by atoms with Crippen molar-refractivity contribution >= 4 is 0 Å². The molecule has 0 fully saturated rings. The molecule has 1 aromatic heterocycles. The summed E-state index contributed by atoms with van der Waals surface area (Å²) in [4.78, 5) is 4.38. The number of nitrogens with zero attached hydrogens (tertiary/aromatic N) is 2. The summed E-state index contributed by atoms with van der Waals surface area (Å²) in [7, 11) is 0. The zero-order valence-corrected chi connectivity index (χ0v) is 11.8. The van der Waals surface area contributed by atoms with E-state index in [-0.39, 0.29) is 5.60 Å². The molecule has 4 nitrogen and oxygen atoms in total. The Morgan fingerprint density at radius 3 is 2.47 bits per heavy atom. The van der Waals surface area contributed by atoms with E-state index in [1.807, 2.05) is 62.1 Å². The molecule has 2 N–H and O–H groups in total. The van der Waals surface area contributed by atoms with E-state index in [4.69, 9.17) is 10.5 Å². The van der Waals surface area contributed by atoms with Crippen molar-refractivity contribution in [3.63, 3.8) is 0 Å². The Morgan fingerprint density at radius 1 is 1.21 bits per heavy atom. The Bertz CT molecular complexity index is 523. The van der Waals surface area contributed by atoms with Crippen molar-refractivity contribution in [2.24, 2.45) is 5.73 Å². The molecule has 0 saturated carbocycles. The second kappa shape index (κ2) is 5.45. The average Bonchev–Trinajstić information content (AvgIpc) is 2.77. The fourth-order valence-corrected chi connectivity index (χ4v) is 1.83. The molecule has 2 aromatic rings. The molecule has 19 heavy (non-hydrogen) atoms. The minimum absolute atomic E-state index is 0.176. The molecule has 0 aliphatic rings. The van der Waals surface area contributed by atoms with E-state index in [1.54, 1.807) is 0 Å². The Kier molecular flexibility index (Phi) is 3.90. The summed E-state index contributed by atoms with van der Waals surface area (Å²) in [6, 6.07) is 8.00. The van der Waals surface area contributed by atoms with Crippen LogP contribution < -0.4 is 10.5 Å². The van der Waals surface area contributed by atoms with E-state index in [0.29, 0.717) is 6.54 Å². The summed E-state index contributed by atoms with van der Waals surface area (Å²) in [5.74, 6) is 0.873. The maximum atomic E-state index is 5.79. The highest BCUT2D eigenvalue weighted by Crippen LogP contribution is 2.23. The van der Waals surface area contributed by atoms with E-state index in [2.05, 4.69) is 4.98 Å². The molecule has 102 valence electrons. The second-order valence-electron chi connectivity index (χ2n) is 5.52. The highest BCUT2D eigenvalue weighted by atomic mass is 16.5. The van der Waals surface area contributed by atoms with Crippen molar-refractivity contribution in [3.8, 4) is 17.0 Å². The van der Waals surface area contributed by atoms with Crippen LogP contribution in [0.4, 0.5) is 0 Å². The maximum Gasteiger partial charge on any atom is 0.120 e. The standard InChI is InChI=1S/C15H21N3O/c1-15(2,3)19-13-6-4-12(5-7-13)14-10-18(9-8-16)11-17-14/h4-7,10-11H,8-9,16H2,1-3H3. The summed E-state index contributed by atoms with van der Waals surface area (Å²) in [6.07, 6.45) is 3.81. The normalized spacial score (nSPS) is 11.6. The maximum absolute atomic E-state index is 5.79. The molecule has 0 saturated heterocycles. The second-order valence-corrected chi connectivity index (χ2v) is 5.52. The number of imidazole rings is 1. The van der Waals surface area contributed by atoms with E-state index < -0.39 is 0 Å². The molecule has 0 bridgehead atoms. The van der Waals surface area contributed by atoms with Crippen molar-refractivity contribution in [1.82, 2.24) is 9.55 Å². The molecule has 0 aliphatic carbocycles. The number of rotatable bonds is 4. The van der Waals surface area contributed by atoms with Crippen LogP contribution in [0, 0.1) is 0 Å². The van der Waals surface area contributed by atoms with Crippen molar-refractivity contribution in [3.05, 3.63) is 36.8 Å². The molecule has 2 rings (SSSR count). The number of hydrogen-bond donors (Lipinski definition) is 1. The topological polar surface area (TPSA) is 53.1 Å². The minimum atomic E-state index is -0.176. The highest BCUT2D eigenvalue weighted by Gasteiger charge is 2.11. The van der Waals surface area contributed by atoms with Crippen LogP contribution in [-0.2, 0) is 6.54 Å². The van der Waals surface area contributed by atoms with Crippen molar-refractivity contribution in [1.29, 1.82) is 0 Å². The van der Waals surface area contributed by atoms with Gasteiger partial charge in [-0.05, 0) is 45.0 Å². The Hall–Kier alpha value is -1.81. The fraction of sp³-hybridized carbons (Fsp3) is 0.400. The first-order valence-electron chi connectivity index (χ1n) is 6.49. The molecular formula is C15H21N3O. The van der Waals surface area contributed by atoms with E-state index in [9.17, 15) is 0 Å². The van der Waals surface area contributed by atoms with Gasteiger partial charge in [0, 0.05) is 24.8 Å². The first-order chi connectivity index (χ1) is 8.98. The molecule has 1 aromatic carbocycles. The van der Waals surface area contributed by atoms with Gasteiger partial charge in [-0.3, -0.25) is 0 Å². The predicted octanol–water partition coefficient (Wildman–Crippen LogP) is 2.69. The third-order valence-electron chi connectivity index (χ3n) is 2.59. The molecule has 0 radical (unpaired) electrons. The van der Waals surface area contributed by atoms with Gasteiger partial charge in [0.2, 0.25) is 0 Å². The van der Waals surface area contributed by atoms with Crippen LogP contribution in [0.1, 0.15) is 20.8 Å². The van der Waals surface area contributed by atoms with Crippen molar-refractivity contribution < 1.29 is 4.74 Å². The van der Waals surface area contributed by atoms with E-state index >= 15 is 0 Å². The molecular weight excluding hydrogens is 238 g/mol. The number of nitrogens with two attached hydrogens (primary N) is 1. The van der Waals surface area contributed by atoms with Gasteiger partial charge in [0.25, 0.3) is 0 Å². The lowest BCUT2D eigenvalue weighted by molar-refractivity contribution is 0.131. The quantitative estimate of drug-likeness (QED) is 0.918. The Balaban J connectivity index is 2.13. The number of benzene rings is 1. The largest absolute Gasteiger partial charge is 0.488 e. The summed E-state index contributed by atoms with van der Waals surface area (Å²) < 4.78 is 7.79. The third kappa shape index (κ3) is 3.83. The molecule has 1 heterocycles. The van der Waals surface area contributed by atoms with Gasteiger partial charge < -0.3 is 15.0 Å². The van der Waals surface area contributed by atoms with E-state index in [1.165, 1.54) is 0 Å². The van der Waals surface area contributed by atoms with Gasteiger partial charge >= 0.3 is 0 Å². The number of ether oxygens (including phenoxy) is 1. The van der Waals surface area contributed by atoms with Crippen LogP contribution >= 0.6 is 0 Å². The summed E-state index contributed by atoms with van der Waals surface area (Å²) in [6.45, 7) is 7.52. The zero-order valence-electron chi connectivity index (χ0n) is 11.8. The van der Waals surface area contributed by atoms with Gasteiger partial charge in [-0.2, -0.15) is 0 Å². The molecule has 4 heteroatoms. The lowest BCUT2D eigenvalue weighted by Crippen LogP contribution is -2.22. The molecule has 0 spiro atoms. The molecule has 0 amide bonds. The van der Waals surface area contributed by atoms with Crippen molar-refractivity contribution in [2.75, 3.05) is 6.54 Å². The Morgan fingerprint density at radius 2 is 1.89 bits per heavy atom. The predicted molar refractivity (Wildman–Crippen MR) is 77.1 cm³/mol. The highest BCUT2D eigenvalue weighted by molar-refractivity contribution is 5.59.